The monoisotopic (exact) mass is 254 g/mol. The first-order chi connectivity index (χ1) is 7.41. The highest BCUT2D eigenvalue weighted by molar-refractivity contribution is 7.47. The third-order valence-corrected chi connectivity index (χ3v) is 2.69. The Labute approximate surface area is 95.5 Å². The van der Waals surface area contributed by atoms with Crippen molar-refractivity contribution in [3.63, 3.8) is 0 Å². The summed E-state index contributed by atoms with van der Waals surface area (Å²) in [4.78, 5) is 19.9. The molecule has 0 spiro atoms. The molecule has 96 valence electrons. The van der Waals surface area contributed by atoms with E-state index in [0.717, 1.165) is 0 Å². The van der Waals surface area contributed by atoms with Gasteiger partial charge in [0.15, 0.2) is 0 Å². The van der Waals surface area contributed by atoms with E-state index in [1.54, 1.807) is 20.8 Å². The van der Waals surface area contributed by atoms with Crippen LogP contribution < -0.4 is 0 Å². The Morgan fingerprint density at radius 2 is 1.94 bits per heavy atom. The molecular formula is C9H19O6P. The summed E-state index contributed by atoms with van der Waals surface area (Å²) < 4.78 is 25.2. The predicted molar refractivity (Wildman–Crippen MR) is 57.8 cm³/mol. The highest BCUT2D eigenvalue weighted by Crippen LogP contribution is 2.43. The molecular weight excluding hydrogens is 235 g/mol. The normalized spacial score (nSPS) is 16.5. The number of esters is 1. The van der Waals surface area contributed by atoms with E-state index in [9.17, 15) is 9.36 Å². The summed E-state index contributed by atoms with van der Waals surface area (Å²) in [6, 6.07) is 0. The molecule has 0 aromatic carbocycles. The Bertz CT molecular complexity index is 254. The van der Waals surface area contributed by atoms with Crippen LogP contribution in [0.2, 0.25) is 0 Å². The van der Waals surface area contributed by atoms with Crippen LogP contribution in [-0.2, 0) is 23.1 Å². The lowest BCUT2D eigenvalue weighted by Gasteiger charge is -2.15. The predicted octanol–water partition coefficient (Wildman–Crippen LogP) is 1.73. The van der Waals surface area contributed by atoms with E-state index in [4.69, 9.17) is 14.2 Å². The fourth-order valence-corrected chi connectivity index (χ4v) is 1.65. The molecule has 2 unspecified atom stereocenters. The molecule has 6 nitrogen and oxygen atoms in total. The zero-order valence-electron chi connectivity index (χ0n) is 9.84. The maximum absolute atomic E-state index is 11.1. The quantitative estimate of drug-likeness (QED) is 0.524. The molecule has 0 aliphatic rings. The van der Waals surface area contributed by atoms with Crippen LogP contribution in [0.3, 0.4) is 0 Å². The molecule has 0 rings (SSSR count). The van der Waals surface area contributed by atoms with E-state index >= 15 is 0 Å². The maximum Gasteiger partial charge on any atom is 0.472 e. The second-order valence-electron chi connectivity index (χ2n) is 3.32. The number of hydrogen-bond donors (Lipinski definition) is 1. The first-order valence-electron chi connectivity index (χ1n) is 5.18. The Morgan fingerprint density at radius 3 is 2.44 bits per heavy atom. The fourth-order valence-electron chi connectivity index (χ4n) is 0.807. The van der Waals surface area contributed by atoms with Gasteiger partial charge in [0, 0.05) is 12.3 Å². The first kappa shape index (κ1) is 15.6. The Hall–Kier alpha value is -0.420. The molecule has 0 aromatic heterocycles. The van der Waals surface area contributed by atoms with E-state index in [1.165, 1.54) is 0 Å². The summed E-state index contributed by atoms with van der Waals surface area (Å²) in [5, 5.41) is 0. The Kier molecular flexibility index (Phi) is 7.58. The van der Waals surface area contributed by atoms with E-state index in [-0.39, 0.29) is 31.7 Å². The zero-order chi connectivity index (χ0) is 12.6. The van der Waals surface area contributed by atoms with E-state index < -0.39 is 7.82 Å². The smallest absolute Gasteiger partial charge is 0.465 e. The SMILES string of the molecule is CCOP(=O)(O)OCC(C)COC(=O)CC. The van der Waals surface area contributed by atoms with Gasteiger partial charge in [-0.3, -0.25) is 13.8 Å². The lowest BCUT2D eigenvalue weighted by molar-refractivity contribution is -0.144. The minimum atomic E-state index is -3.94. The minimum Gasteiger partial charge on any atom is -0.465 e. The van der Waals surface area contributed by atoms with Gasteiger partial charge in [-0.15, -0.1) is 0 Å². The van der Waals surface area contributed by atoms with Crippen LogP contribution in [0, 0.1) is 5.92 Å². The first-order valence-corrected chi connectivity index (χ1v) is 6.68. The lowest BCUT2D eigenvalue weighted by atomic mass is 10.2. The van der Waals surface area contributed by atoms with Crippen molar-refractivity contribution in [3.8, 4) is 0 Å². The number of phosphoric acid groups is 1. The van der Waals surface area contributed by atoms with Crippen LogP contribution in [-0.4, -0.2) is 30.7 Å². The van der Waals surface area contributed by atoms with E-state index in [2.05, 4.69) is 4.52 Å². The van der Waals surface area contributed by atoms with Crippen molar-refractivity contribution in [2.24, 2.45) is 5.92 Å². The van der Waals surface area contributed by atoms with Gasteiger partial charge in [-0.2, -0.15) is 0 Å². The van der Waals surface area contributed by atoms with Crippen molar-refractivity contribution >= 4 is 13.8 Å². The molecule has 1 N–H and O–H groups in total. The molecule has 16 heavy (non-hydrogen) atoms. The van der Waals surface area contributed by atoms with Crippen molar-refractivity contribution in [3.05, 3.63) is 0 Å². The number of ether oxygens (including phenoxy) is 1. The standard InChI is InChI=1S/C9H19O6P/c1-4-9(10)13-6-8(3)7-15-16(11,12)14-5-2/h8H,4-7H2,1-3H3,(H,11,12). The zero-order valence-corrected chi connectivity index (χ0v) is 10.7. The molecule has 2 atom stereocenters. The number of phosphoric ester groups is 1. The fraction of sp³-hybridized carbons (Fsp3) is 0.889. The molecule has 0 fully saturated rings. The second kappa shape index (κ2) is 7.79. The van der Waals surface area contributed by atoms with Gasteiger partial charge in [0.2, 0.25) is 0 Å². The molecule has 0 saturated heterocycles. The molecule has 0 saturated carbocycles. The van der Waals surface area contributed by atoms with Crippen molar-refractivity contribution in [1.82, 2.24) is 0 Å². The number of carbonyl (C=O) groups is 1. The lowest BCUT2D eigenvalue weighted by Crippen LogP contribution is -2.15. The highest BCUT2D eigenvalue weighted by atomic mass is 31.2. The summed E-state index contributed by atoms with van der Waals surface area (Å²) in [6.45, 7) is 5.31. The summed E-state index contributed by atoms with van der Waals surface area (Å²) in [7, 11) is -3.94. The highest BCUT2D eigenvalue weighted by Gasteiger charge is 2.21. The second-order valence-corrected chi connectivity index (χ2v) is 4.78. The summed E-state index contributed by atoms with van der Waals surface area (Å²) in [6.07, 6.45) is 0.311. The third-order valence-electron chi connectivity index (χ3n) is 1.63. The Morgan fingerprint density at radius 1 is 1.31 bits per heavy atom. The largest absolute Gasteiger partial charge is 0.472 e. The molecule has 0 radical (unpaired) electrons. The average molecular weight is 254 g/mol. The van der Waals surface area contributed by atoms with Crippen LogP contribution in [0.15, 0.2) is 0 Å². The topological polar surface area (TPSA) is 82.1 Å². The third kappa shape index (κ3) is 7.82. The van der Waals surface area contributed by atoms with Crippen LogP contribution >= 0.6 is 7.82 Å². The minimum absolute atomic E-state index is 0.00473. The van der Waals surface area contributed by atoms with Gasteiger partial charge in [-0.05, 0) is 6.92 Å². The molecule has 0 aliphatic carbocycles. The number of hydrogen-bond acceptors (Lipinski definition) is 5. The van der Waals surface area contributed by atoms with Gasteiger partial charge < -0.3 is 9.63 Å². The van der Waals surface area contributed by atoms with Gasteiger partial charge in [0.25, 0.3) is 0 Å². The van der Waals surface area contributed by atoms with Crippen molar-refractivity contribution in [2.45, 2.75) is 27.2 Å². The van der Waals surface area contributed by atoms with Crippen LogP contribution in [0.4, 0.5) is 0 Å². The van der Waals surface area contributed by atoms with Crippen LogP contribution in [0.1, 0.15) is 27.2 Å². The van der Waals surface area contributed by atoms with E-state index in [0.29, 0.717) is 6.42 Å². The van der Waals surface area contributed by atoms with Gasteiger partial charge in [0.1, 0.15) is 0 Å². The van der Waals surface area contributed by atoms with E-state index in [1.807, 2.05) is 0 Å². The Balaban J connectivity index is 3.76. The van der Waals surface area contributed by atoms with Gasteiger partial charge in [-0.25, -0.2) is 4.57 Å². The maximum atomic E-state index is 11.1. The summed E-state index contributed by atoms with van der Waals surface area (Å²) in [5.41, 5.74) is 0. The van der Waals surface area contributed by atoms with Gasteiger partial charge in [-0.1, -0.05) is 13.8 Å². The van der Waals surface area contributed by atoms with Crippen molar-refractivity contribution in [1.29, 1.82) is 0 Å². The van der Waals surface area contributed by atoms with Gasteiger partial charge in [0.05, 0.1) is 19.8 Å². The average Bonchev–Trinajstić information content (AvgIpc) is 2.23. The molecule has 0 bridgehead atoms. The number of rotatable bonds is 8. The molecule has 7 heteroatoms. The summed E-state index contributed by atoms with van der Waals surface area (Å²) >= 11 is 0. The number of carbonyl (C=O) groups excluding carboxylic acids is 1. The molecule has 0 heterocycles. The molecule has 0 aromatic rings. The van der Waals surface area contributed by atoms with Crippen LogP contribution in [0.25, 0.3) is 0 Å². The molecule has 0 aliphatic heterocycles. The van der Waals surface area contributed by atoms with Crippen molar-refractivity contribution < 1.29 is 28.0 Å². The molecule has 0 amide bonds. The van der Waals surface area contributed by atoms with Crippen LogP contribution in [0.5, 0.6) is 0 Å². The van der Waals surface area contributed by atoms with Gasteiger partial charge >= 0.3 is 13.8 Å². The summed E-state index contributed by atoms with van der Waals surface area (Å²) in [5.74, 6) is -0.458. The van der Waals surface area contributed by atoms with Crippen molar-refractivity contribution in [2.75, 3.05) is 19.8 Å².